The van der Waals surface area contributed by atoms with Crippen LogP contribution < -0.4 is 0 Å². The Bertz CT molecular complexity index is 240. The lowest BCUT2D eigenvalue weighted by molar-refractivity contribution is -0.180. The Hall–Kier alpha value is -1.04. The summed E-state index contributed by atoms with van der Waals surface area (Å²) >= 11 is 0. The van der Waals surface area contributed by atoms with E-state index in [-0.39, 0.29) is 13.2 Å². The molecule has 0 spiro atoms. The first-order valence-corrected chi connectivity index (χ1v) is 4.58. The van der Waals surface area contributed by atoms with E-state index in [9.17, 15) is 18.4 Å². The van der Waals surface area contributed by atoms with Crippen LogP contribution in [0.4, 0.5) is 8.78 Å². The molecule has 0 aromatic rings. The second-order valence-corrected chi connectivity index (χ2v) is 2.76. The van der Waals surface area contributed by atoms with Gasteiger partial charge in [0.2, 0.25) is 5.78 Å². The summed E-state index contributed by atoms with van der Waals surface area (Å²) in [6, 6.07) is 0. The summed E-state index contributed by atoms with van der Waals surface area (Å²) in [4.78, 5) is 21.9. The first-order valence-electron chi connectivity index (χ1n) is 4.58. The van der Waals surface area contributed by atoms with Crippen LogP contribution in [0.1, 0.15) is 20.8 Å². The largest absolute Gasteiger partial charge is 0.461 e. The standard InChI is InChI=1S/C9H14F2O4/c1-4-14-6(3)7(12)9(10,11)8(13)15-5-2/h6H,4-5H2,1-3H3. The molecule has 15 heavy (non-hydrogen) atoms. The van der Waals surface area contributed by atoms with E-state index in [1.807, 2.05) is 0 Å². The van der Waals surface area contributed by atoms with Crippen molar-refractivity contribution in [3.8, 4) is 0 Å². The third-order valence-electron chi connectivity index (χ3n) is 1.63. The van der Waals surface area contributed by atoms with Gasteiger partial charge in [0, 0.05) is 6.61 Å². The third-order valence-corrected chi connectivity index (χ3v) is 1.63. The van der Waals surface area contributed by atoms with Gasteiger partial charge in [-0.05, 0) is 20.8 Å². The summed E-state index contributed by atoms with van der Waals surface area (Å²) in [6.45, 7) is 4.02. The summed E-state index contributed by atoms with van der Waals surface area (Å²) in [7, 11) is 0. The first-order chi connectivity index (χ1) is 6.87. The van der Waals surface area contributed by atoms with Gasteiger partial charge in [0.05, 0.1) is 6.61 Å². The molecule has 0 radical (unpaired) electrons. The monoisotopic (exact) mass is 224 g/mol. The van der Waals surface area contributed by atoms with Crippen LogP contribution in [0.3, 0.4) is 0 Å². The van der Waals surface area contributed by atoms with Crippen LogP contribution in [-0.4, -0.2) is 37.0 Å². The molecule has 0 saturated carbocycles. The Kier molecular flexibility index (Phi) is 5.35. The van der Waals surface area contributed by atoms with E-state index in [2.05, 4.69) is 9.47 Å². The second kappa shape index (κ2) is 5.75. The molecule has 0 heterocycles. The minimum atomic E-state index is -4.13. The van der Waals surface area contributed by atoms with Gasteiger partial charge in [-0.2, -0.15) is 8.78 Å². The van der Waals surface area contributed by atoms with Gasteiger partial charge in [-0.1, -0.05) is 0 Å². The van der Waals surface area contributed by atoms with E-state index < -0.39 is 23.8 Å². The number of hydrogen-bond acceptors (Lipinski definition) is 4. The van der Waals surface area contributed by atoms with Crippen LogP contribution in [0.25, 0.3) is 0 Å². The smallest absolute Gasteiger partial charge is 0.402 e. The van der Waals surface area contributed by atoms with Crippen LogP contribution in [0, 0.1) is 0 Å². The summed E-state index contributed by atoms with van der Waals surface area (Å²) < 4.78 is 34.9. The predicted octanol–water partition coefficient (Wildman–Crippen LogP) is 1.18. The Labute approximate surface area is 86.5 Å². The lowest BCUT2D eigenvalue weighted by atomic mass is 10.1. The number of esters is 1. The molecule has 0 saturated heterocycles. The van der Waals surface area contributed by atoms with Gasteiger partial charge >= 0.3 is 11.9 Å². The lowest BCUT2D eigenvalue weighted by Gasteiger charge is -2.17. The highest BCUT2D eigenvalue weighted by atomic mass is 19.3. The number of carbonyl (C=O) groups is 2. The molecule has 0 aromatic heterocycles. The number of hydrogen-bond donors (Lipinski definition) is 0. The van der Waals surface area contributed by atoms with Gasteiger partial charge in [0.15, 0.2) is 0 Å². The summed E-state index contributed by atoms with van der Waals surface area (Å²) in [5.74, 6) is -7.55. The van der Waals surface area contributed by atoms with Crippen molar-refractivity contribution in [2.75, 3.05) is 13.2 Å². The van der Waals surface area contributed by atoms with Gasteiger partial charge in [-0.15, -0.1) is 0 Å². The highest BCUT2D eigenvalue weighted by molar-refractivity contribution is 6.07. The maximum absolute atomic E-state index is 13.1. The molecule has 4 nitrogen and oxygen atoms in total. The Morgan fingerprint density at radius 1 is 1.27 bits per heavy atom. The van der Waals surface area contributed by atoms with Crippen molar-refractivity contribution < 1.29 is 27.8 Å². The van der Waals surface area contributed by atoms with E-state index in [0.29, 0.717) is 0 Å². The Balaban J connectivity index is 4.56. The molecule has 0 amide bonds. The zero-order valence-corrected chi connectivity index (χ0v) is 8.88. The molecule has 1 atom stereocenters. The molecular weight excluding hydrogens is 210 g/mol. The number of ether oxygens (including phenoxy) is 2. The van der Waals surface area contributed by atoms with Gasteiger partial charge in [-0.3, -0.25) is 4.79 Å². The van der Waals surface area contributed by atoms with Crippen LogP contribution in [0.2, 0.25) is 0 Å². The van der Waals surface area contributed by atoms with Crippen molar-refractivity contribution in [3.05, 3.63) is 0 Å². The van der Waals surface area contributed by atoms with Crippen LogP contribution in [-0.2, 0) is 19.1 Å². The average Bonchev–Trinajstić information content (AvgIpc) is 2.17. The van der Waals surface area contributed by atoms with E-state index >= 15 is 0 Å². The molecule has 0 bridgehead atoms. The van der Waals surface area contributed by atoms with E-state index in [4.69, 9.17) is 0 Å². The van der Waals surface area contributed by atoms with Crippen LogP contribution in [0.15, 0.2) is 0 Å². The molecule has 0 fully saturated rings. The van der Waals surface area contributed by atoms with Crippen LogP contribution in [0.5, 0.6) is 0 Å². The molecule has 1 unspecified atom stereocenters. The highest BCUT2D eigenvalue weighted by Gasteiger charge is 2.50. The summed E-state index contributed by atoms with van der Waals surface area (Å²) in [5.41, 5.74) is 0. The molecule has 88 valence electrons. The molecule has 0 aliphatic heterocycles. The zero-order valence-electron chi connectivity index (χ0n) is 8.88. The minimum Gasteiger partial charge on any atom is -0.461 e. The SMILES string of the molecule is CCOC(=O)C(F)(F)C(=O)C(C)OCC. The van der Waals surface area contributed by atoms with E-state index in [1.165, 1.54) is 13.8 Å². The van der Waals surface area contributed by atoms with Crippen molar-refractivity contribution >= 4 is 11.8 Å². The van der Waals surface area contributed by atoms with Gasteiger partial charge < -0.3 is 9.47 Å². The third kappa shape index (κ3) is 3.54. The normalized spacial score (nSPS) is 13.4. The van der Waals surface area contributed by atoms with Gasteiger partial charge in [-0.25, -0.2) is 4.79 Å². The number of Topliss-reactive ketones (excluding diaryl/α,β-unsaturated/α-hetero) is 1. The summed E-state index contributed by atoms with van der Waals surface area (Å²) in [5, 5.41) is 0. The van der Waals surface area contributed by atoms with Gasteiger partial charge in [0.1, 0.15) is 6.10 Å². The maximum Gasteiger partial charge on any atom is 0.402 e. The Morgan fingerprint density at radius 3 is 2.20 bits per heavy atom. The molecule has 6 heteroatoms. The van der Waals surface area contributed by atoms with Crippen molar-refractivity contribution in [1.82, 2.24) is 0 Å². The van der Waals surface area contributed by atoms with Crippen molar-refractivity contribution in [2.24, 2.45) is 0 Å². The quantitative estimate of drug-likeness (QED) is 0.502. The number of rotatable bonds is 6. The average molecular weight is 224 g/mol. The molecule has 0 N–H and O–H groups in total. The number of halogens is 2. The maximum atomic E-state index is 13.1. The topological polar surface area (TPSA) is 52.6 Å². The van der Waals surface area contributed by atoms with E-state index in [1.54, 1.807) is 6.92 Å². The van der Waals surface area contributed by atoms with Gasteiger partial charge in [0.25, 0.3) is 0 Å². The first kappa shape index (κ1) is 14.0. The molecule has 0 aliphatic carbocycles. The fraction of sp³-hybridized carbons (Fsp3) is 0.778. The van der Waals surface area contributed by atoms with Crippen molar-refractivity contribution in [2.45, 2.75) is 32.8 Å². The minimum absolute atomic E-state index is 0.117. The fourth-order valence-corrected chi connectivity index (χ4v) is 0.903. The van der Waals surface area contributed by atoms with Crippen molar-refractivity contribution in [3.63, 3.8) is 0 Å². The molecular formula is C9H14F2O4. The number of alkyl halides is 2. The molecule has 0 rings (SSSR count). The number of carbonyl (C=O) groups excluding carboxylic acids is 2. The second-order valence-electron chi connectivity index (χ2n) is 2.76. The summed E-state index contributed by atoms with van der Waals surface area (Å²) in [6.07, 6.45) is -1.32. The van der Waals surface area contributed by atoms with Crippen LogP contribution >= 0.6 is 0 Å². The molecule has 0 aliphatic rings. The predicted molar refractivity (Wildman–Crippen MR) is 47.7 cm³/mol. The molecule has 0 aromatic carbocycles. The number of ketones is 1. The highest BCUT2D eigenvalue weighted by Crippen LogP contribution is 2.20. The lowest BCUT2D eigenvalue weighted by Crippen LogP contribution is -2.45. The van der Waals surface area contributed by atoms with Crippen molar-refractivity contribution in [1.29, 1.82) is 0 Å². The van der Waals surface area contributed by atoms with E-state index in [0.717, 1.165) is 0 Å². The Morgan fingerprint density at radius 2 is 1.80 bits per heavy atom. The fourth-order valence-electron chi connectivity index (χ4n) is 0.903. The zero-order chi connectivity index (χ0) is 12.1.